The van der Waals surface area contributed by atoms with Crippen LogP contribution in [0.5, 0.6) is 0 Å². The van der Waals surface area contributed by atoms with Crippen LogP contribution in [0.25, 0.3) is 0 Å². The minimum Gasteiger partial charge on any atom is -0.481 e. The van der Waals surface area contributed by atoms with Crippen molar-refractivity contribution in [2.75, 3.05) is 6.61 Å². The van der Waals surface area contributed by atoms with Gasteiger partial charge in [-0.3, -0.25) is 19.2 Å². The van der Waals surface area contributed by atoms with Crippen LogP contribution in [0.2, 0.25) is 0 Å². The Morgan fingerprint density at radius 2 is 1.40 bits per heavy atom. The number of carboxylic acids is 2. The second-order valence-corrected chi connectivity index (χ2v) is 7.08. The number of nitrogens with two attached hydrogens (primary N) is 1. The molecule has 3 amide bonds. The fraction of sp³-hybridized carbons (Fsp3) is 0.706. The zero-order valence-electron chi connectivity index (χ0n) is 17.0. The Kier molecular flexibility index (Phi) is 11.5. The summed E-state index contributed by atoms with van der Waals surface area (Å²) in [6, 6.07) is -5.56. The molecule has 0 rings (SSSR count). The van der Waals surface area contributed by atoms with Crippen LogP contribution in [0, 0.1) is 5.92 Å². The fourth-order valence-corrected chi connectivity index (χ4v) is 2.32. The van der Waals surface area contributed by atoms with Crippen molar-refractivity contribution in [3.63, 3.8) is 0 Å². The van der Waals surface area contributed by atoms with Gasteiger partial charge in [0.25, 0.3) is 0 Å². The molecule has 13 nitrogen and oxygen atoms in total. The molecule has 0 spiro atoms. The third kappa shape index (κ3) is 9.15. The van der Waals surface area contributed by atoms with Crippen LogP contribution in [-0.2, 0) is 24.0 Å². The highest BCUT2D eigenvalue weighted by molar-refractivity contribution is 5.94. The van der Waals surface area contributed by atoms with Gasteiger partial charge in [0.05, 0.1) is 12.7 Å². The number of hydrogen-bond acceptors (Lipinski definition) is 8. The lowest BCUT2D eigenvalue weighted by molar-refractivity contribution is -0.145. The molecular weight excluding hydrogens is 404 g/mol. The number of carboxylic acid groups (broad SMARTS) is 2. The molecule has 30 heavy (non-hydrogen) atoms. The molecule has 172 valence electrons. The van der Waals surface area contributed by atoms with Crippen LogP contribution in [0.4, 0.5) is 0 Å². The van der Waals surface area contributed by atoms with E-state index in [4.69, 9.17) is 21.1 Å². The van der Waals surface area contributed by atoms with Gasteiger partial charge in [-0.1, -0.05) is 13.8 Å². The average Bonchev–Trinajstić information content (AvgIpc) is 2.64. The van der Waals surface area contributed by atoms with E-state index >= 15 is 0 Å². The van der Waals surface area contributed by atoms with Crippen LogP contribution < -0.4 is 21.7 Å². The van der Waals surface area contributed by atoms with Gasteiger partial charge in [0.2, 0.25) is 17.7 Å². The van der Waals surface area contributed by atoms with Crippen molar-refractivity contribution < 1.29 is 44.4 Å². The van der Waals surface area contributed by atoms with E-state index < -0.39 is 78.9 Å². The normalized spacial score (nSPS) is 16.0. The molecule has 0 radical (unpaired) electrons. The van der Waals surface area contributed by atoms with Crippen molar-refractivity contribution in [2.24, 2.45) is 11.7 Å². The van der Waals surface area contributed by atoms with Gasteiger partial charge in [0.1, 0.15) is 18.1 Å². The first-order valence-corrected chi connectivity index (χ1v) is 9.22. The van der Waals surface area contributed by atoms with E-state index in [0.717, 1.165) is 0 Å². The predicted molar refractivity (Wildman–Crippen MR) is 102 cm³/mol. The first-order chi connectivity index (χ1) is 13.8. The summed E-state index contributed by atoms with van der Waals surface area (Å²) < 4.78 is 0. The molecule has 5 atom stereocenters. The van der Waals surface area contributed by atoms with Crippen LogP contribution in [0.15, 0.2) is 0 Å². The molecule has 9 N–H and O–H groups in total. The molecule has 0 bridgehead atoms. The highest BCUT2D eigenvalue weighted by Gasteiger charge is 2.33. The van der Waals surface area contributed by atoms with Gasteiger partial charge in [-0.25, -0.2) is 4.79 Å². The van der Waals surface area contributed by atoms with Gasteiger partial charge in [0.15, 0.2) is 6.04 Å². The summed E-state index contributed by atoms with van der Waals surface area (Å²) in [5.74, 6) is -5.90. The lowest BCUT2D eigenvalue weighted by Crippen LogP contribution is -2.59. The van der Waals surface area contributed by atoms with E-state index in [0.29, 0.717) is 0 Å². The molecular formula is C17H30N4O9. The monoisotopic (exact) mass is 434 g/mol. The van der Waals surface area contributed by atoms with Crippen molar-refractivity contribution in [1.29, 1.82) is 0 Å². The van der Waals surface area contributed by atoms with Gasteiger partial charge >= 0.3 is 11.9 Å². The van der Waals surface area contributed by atoms with Gasteiger partial charge in [-0.05, 0) is 19.3 Å². The summed E-state index contributed by atoms with van der Waals surface area (Å²) in [5.41, 5.74) is 5.38. The molecule has 0 heterocycles. The molecule has 5 unspecified atom stereocenters. The van der Waals surface area contributed by atoms with Crippen LogP contribution >= 0.6 is 0 Å². The zero-order valence-corrected chi connectivity index (χ0v) is 17.0. The minimum absolute atomic E-state index is 0.317. The van der Waals surface area contributed by atoms with Crippen molar-refractivity contribution in [2.45, 2.75) is 63.9 Å². The van der Waals surface area contributed by atoms with Crippen molar-refractivity contribution in [3.05, 3.63) is 0 Å². The number of amides is 3. The lowest BCUT2D eigenvalue weighted by atomic mass is 10.0. The molecule has 0 saturated carbocycles. The molecule has 0 aliphatic rings. The number of carbonyl (C=O) groups is 5. The quantitative estimate of drug-likeness (QED) is 0.144. The number of aliphatic hydroxyl groups excluding tert-OH is 2. The third-order valence-corrected chi connectivity index (χ3v) is 4.11. The first kappa shape index (κ1) is 27.2. The zero-order chi connectivity index (χ0) is 23.6. The van der Waals surface area contributed by atoms with Gasteiger partial charge < -0.3 is 42.1 Å². The third-order valence-electron chi connectivity index (χ3n) is 4.11. The molecule has 0 aliphatic carbocycles. The van der Waals surface area contributed by atoms with Crippen molar-refractivity contribution in [1.82, 2.24) is 16.0 Å². The van der Waals surface area contributed by atoms with E-state index in [1.807, 2.05) is 0 Å². The number of aliphatic hydroxyl groups is 2. The van der Waals surface area contributed by atoms with Crippen molar-refractivity contribution in [3.8, 4) is 0 Å². The molecule has 0 aromatic rings. The Bertz CT molecular complexity index is 639. The smallest absolute Gasteiger partial charge is 0.328 e. The van der Waals surface area contributed by atoms with Crippen LogP contribution in [-0.4, -0.2) is 87.0 Å². The Labute approximate surface area is 173 Å². The van der Waals surface area contributed by atoms with Crippen LogP contribution in [0.1, 0.15) is 33.6 Å². The number of nitrogens with one attached hydrogen (secondary N) is 3. The topological polar surface area (TPSA) is 228 Å². The molecule has 0 fully saturated rings. The van der Waals surface area contributed by atoms with E-state index in [2.05, 4.69) is 16.0 Å². The second-order valence-electron chi connectivity index (χ2n) is 7.08. The summed E-state index contributed by atoms with van der Waals surface area (Å²) in [4.78, 5) is 59.0. The minimum atomic E-state index is -1.61. The summed E-state index contributed by atoms with van der Waals surface area (Å²) in [5, 5.41) is 43.1. The van der Waals surface area contributed by atoms with Crippen molar-refractivity contribution >= 4 is 29.7 Å². The molecule has 0 aliphatic heterocycles. The standard InChI is InChI=1S/C17H30N4O9/c1-7(2)12(16(28)21-13(8(3)23)17(29)30)20-15(27)10(4-5-11(24)25)19-14(26)9(18)6-22/h7-10,12-13,22-23H,4-6,18H2,1-3H3,(H,19,26)(H,20,27)(H,21,28)(H,24,25)(H,29,30). The molecule has 0 aromatic heterocycles. The lowest BCUT2D eigenvalue weighted by Gasteiger charge is -2.27. The summed E-state index contributed by atoms with van der Waals surface area (Å²) in [7, 11) is 0. The predicted octanol–water partition coefficient (Wildman–Crippen LogP) is -3.25. The van der Waals surface area contributed by atoms with Gasteiger partial charge in [-0.2, -0.15) is 0 Å². The summed E-state index contributed by atoms with van der Waals surface area (Å²) >= 11 is 0. The molecule has 0 aromatic carbocycles. The Morgan fingerprint density at radius 1 is 0.867 bits per heavy atom. The Balaban J connectivity index is 5.43. The molecule has 13 heteroatoms. The van der Waals surface area contributed by atoms with Gasteiger partial charge in [0, 0.05) is 6.42 Å². The summed E-state index contributed by atoms with van der Waals surface area (Å²) in [6.07, 6.45) is -2.20. The number of rotatable bonds is 13. The largest absolute Gasteiger partial charge is 0.481 e. The fourth-order valence-electron chi connectivity index (χ4n) is 2.32. The number of hydrogen-bond donors (Lipinski definition) is 8. The highest BCUT2D eigenvalue weighted by Crippen LogP contribution is 2.07. The first-order valence-electron chi connectivity index (χ1n) is 9.22. The van der Waals surface area contributed by atoms with E-state index in [1.54, 1.807) is 13.8 Å². The number of carbonyl (C=O) groups excluding carboxylic acids is 3. The van der Waals surface area contributed by atoms with Gasteiger partial charge in [-0.15, -0.1) is 0 Å². The Morgan fingerprint density at radius 3 is 1.80 bits per heavy atom. The number of aliphatic carboxylic acids is 2. The second kappa shape index (κ2) is 12.7. The Hall–Kier alpha value is -2.77. The molecule has 0 saturated heterocycles. The van der Waals surface area contributed by atoms with Crippen LogP contribution in [0.3, 0.4) is 0 Å². The SMILES string of the molecule is CC(C)C(NC(=O)C(CCC(=O)O)NC(=O)C(N)CO)C(=O)NC(C(=O)O)C(C)O. The van der Waals surface area contributed by atoms with E-state index in [-0.39, 0.29) is 6.42 Å². The average molecular weight is 434 g/mol. The maximum absolute atomic E-state index is 12.6. The maximum Gasteiger partial charge on any atom is 0.328 e. The van der Waals surface area contributed by atoms with E-state index in [9.17, 15) is 29.1 Å². The maximum atomic E-state index is 12.6. The highest BCUT2D eigenvalue weighted by atomic mass is 16.4. The van der Waals surface area contributed by atoms with E-state index in [1.165, 1.54) is 6.92 Å². The summed E-state index contributed by atoms with van der Waals surface area (Å²) in [6.45, 7) is 3.60.